The Morgan fingerprint density at radius 2 is 2.38 bits per heavy atom. The number of aromatic nitrogens is 1. The topological polar surface area (TPSA) is 36.4 Å². The molecule has 0 radical (unpaired) electrons. The fraction of sp³-hybridized carbons (Fsp3) is 0.444. The van der Waals surface area contributed by atoms with E-state index in [-0.39, 0.29) is 12.4 Å². The molecule has 1 aromatic heterocycles. The molecular formula is C9H13FN2O. The highest BCUT2D eigenvalue weighted by atomic mass is 19.1. The Morgan fingerprint density at radius 1 is 1.62 bits per heavy atom. The molecule has 0 aliphatic rings. The molecule has 0 spiro atoms. The Balaban J connectivity index is 2.58. The molecule has 0 aromatic carbocycles. The van der Waals surface area contributed by atoms with Gasteiger partial charge in [-0.25, -0.2) is 4.39 Å². The molecule has 0 fully saturated rings. The number of likely N-dealkylation sites (N-methyl/N-ethyl adjacent to an activating group) is 1. The average Bonchev–Trinajstić information content (AvgIpc) is 2.09. The number of pyridine rings is 1. The summed E-state index contributed by atoms with van der Waals surface area (Å²) in [5.74, 6) is -0.299. The van der Waals surface area contributed by atoms with Gasteiger partial charge in [-0.1, -0.05) is 0 Å². The fourth-order valence-electron chi connectivity index (χ4n) is 1.07. The van der Waals surface area contributed by atoms with Crippen molar-refractivity contribution in [1.82, 2.24) is 9.88 Å². The fourth-order valence-corrected chi connectivity index (χ4v) is 1.07. The largest absolute Gasteiger partial charge is 0.395 e. The zero-order valence-electron chi connectivity index (χ0n) is 7.57. The van der Waals surface area contributed by atoms with Gasteiger partial charge in [0.25, 0.3) is 0 Å². The van der Waals surface area contributed by atoms with Crippen LogP contribution in [0.3, 0.4) is 0 Å². The van der Waals surface area contributed by atoms with E-state index in [2.05, 4.69) is 4.98 Å². The van der Waals surface area contributed by atoms with Crippen molar-refractivity contribution < 1.29 is 9.50 Å². The van der Waals surface area contributed by atoms with Gasteiger partial charge in [0.2, 0.25) is 0 Å². The van der Waals surface area contributed by atoms with E-state index < -0.39 is 0 Å². The van der Waals surface area contributed by atoms with Gasteiger partial charge < -0.3 is 5.11 Å². The van der Waals surface area contributed by atoms with E-state index in [1.165, 1.54) is 6.20 Å². The lowest BCUT2D eigenvalue weighted by atomic mass is 10.2. The van der Waals surface area contributed by atoms with Crippen molar-refractivity contribution in [3.05, 3.63) is 29.8 Å². The van der Waals surface area contributed by atoms with E-state index in [1.807, 2.05) is 11.9 Å². The Hall–Kier alpha value is -1.00. The number of nitrogens with zero attached hydrogens (tertiary/aromatic N) is 2. The zero-order valence-corrected chi connectivity index (χ0v) is 7.57. The number of hydrogen-bond acceptors (Lipinski definition) is 3. The second-order valence-electron chi connectivity index (χ2n) is 2.93. The molecule has 1 aromatic rings. The molecule has 13 heavy (non-hydrogen) atoms. The van der Waals surface area contributed by atoms with Crippen LogP contribution in [0.15, 0.2) is 18.5 Å². The molecule has 0 atom stereocenters. The predicted molar refractivity (Wildman–Crippen MR) is 47.6 cm³/mol. The summed E-state index contributed by atoms with van der Waals surface area (Å²) in [6.07, 6.45) is 2.76. The first-order chi connectivity index (χ1) is 6.24. The summed E-state index contributed by atoms with van der Waals surface area (Å²) in [5, 5.41) is 8.64. The van der Waals surface area contributed by atoms with Crippen LogP contribution in [0.25, 0.3) is 0 Å². The quantitative estimate of drug-likeness (QED) is 0.746. The molecule has 1 rings (SSSR count). The van der Waals surface area contributed by atoms with Crippen LogP contribution in [0.5, 0.6) is 0 Å². The van der Waals surface area contributed by atoms with Crippen LogP contribution in [-0.4, -0.2) is 35.2 Å². The highest BCUT2D eigenvalue weighted by Gasteiger charge is 2.04. The summed E-state index contributed by atoms with van der Waals surface area (Å²) in [6, 6.07) is 1.64. The van der Waals surface area contributed by atoms with E-state index in [0.29, 0.717) is 18.7 Å². The smallest absolute Gasteiger partial charge is 0.145 e. The highest BCUT2D eigenvalue weighted by molar-refractivity contribution is 5.11. The van der Waals surface area contributed by atoms with Crippen LogP contribution < -0.4 is 0 Å². The van der Waals surface area contributed by atoms with E-state index in [0.717, 1.165) is 0 Å². The lowest BCUT2D eigenvalue weighted by molar-refractivity contribution is 0.216. The van der Waals surface area contributed by atoms with Crippen LogP contribution in [-0.2, 0) is 6.54 Å². The molecule has 3 nitrogen and oxygen atoms in total. The van der Waals surface area contributed by atoms with Crippen LogP contribution in [0.1, 0.15) is 5.56 Å². The minimum Gasteiger partial charge on any atom is -0.395 e. The first-order valence-electron chi connectivity index (χ1n) is 4.12. The maximum absolute atomic E-state index is 13.0. The standard InChI is InChI=1S/C9H13FN2O/c1-12(4-5-13)7-8-2-3-11-6-9(8)10/h2-3,6,13H,4-5,7H2,1H3. The second-order valence-corrected chi connectivity index (χ2v) is 2.93. The average molecular weight is 184 g/mol. The number of aliphatic hydroxyl groups excluding tert-OH is 1. The van der Waals surface area contributed by atoms with Gasteiger partial charge in [0.15, 0.2) is 0 Å². The van der Waals surface area contributed by atoms with Gasteiger partial charge in [-0.15, -0.1) is 0 Å². The van der Waals surface area contributed by atoms with Gasteiger partial charge in [0.1, 0.15) is 5.82 Å². The van der Waals surface area contributed by atoms with E-state index in [9.17, 15) is 4.39 Å². The minimum atomic E-state index is -0.299. The number of rotatable bonds is 4. The lowest BCUT2D eigenvalue weighted by Gasteiger charge is -2.14. The molecule has 1 N–H and O–H groups in total. The monoisotopic (exact) mass is 184 g/mol. The van der Waals surface area contributed by atoms with E-state index >= 15 is 0 Å². The molecule has 0 amide bonds. The van der Waals surface area contributed by atoms with Crippen molar-refractivity contribution >= 4 is 0 Å². The number of hydrogen-bond donors (Lipinski definition) is 1. The molecule has 72 valence electrons. The Bertz CT molecular complexity index is 268. The summed E-state index contributed by atoms with van der Waals surface area (Å²) in [4.78, 5) is 5.50. The normalized spacial score (nSPS) is 10.8. The SMILES string of the molecule is CN(CCO)Cc1ccncc1F. The van der Waals surface area contributed by atoms with Crippen molar-refractivity contribution in [3.63, 3.8) is 0 Å². The number of halogens is 1. The summed E-state index contributed by atoms with van der Waals surface area (Å²) in [5.41, 5.74) is 0.603. The van der Waals surface area contributed by atoms with Crippen LogP contribution in [0, 0.1) is 5.82 Å². The summed E-state index contributed by atoms with van der Waals surface area (Å²) >= 11 is 0. The second kappa shape index (κ2) is 4.89. The van der Waals surface area contributed by atoms with Gasteiger partial charge in [0.05, 0.1) is 12.8 Å². The molecule has 0 saturated heterocycles. The summed E-state index contributed by atoms with van der Waals surface area (Å²) in [6.45, 7) is 1.12. The van der Waals surface area contributed by atoms with Gasteiger partial charge in [0, 0.05) is 24.8 Å². The molecule has 0 aliphatic carbocycles. The Labute approximate surface area is 76.8 Å². The molecule has 1 heterocycles. The van der Waals surface area contributed by atoms with Crippen molar-refractivity contribution in [2.24, 2.45) is 0 Å². The van der Waals surface area contributed by atoms with Crippen molar-refractivity contribution in [3.8, 4) is 0 Å². The maximum atomic E-state index is 13.0. The van der Waals surface area contributed by atoms with Gasteiger partial charge in [-0.05, 0) is 13.1 Å². The van der Waals surface area contributed by atoms with Crippen LogP contribution in [0.2, 0.25) is 0 Å². The third kappa shape index (κ3) is 3.08. The zero-order chi connectivity index (χ0) is 9.68. The van der Waals surface area contributed by atoms with Crippen LogP contribution in [0.4, 0.5) is 4.39 Å². The van der Waals surface area contributed by atoms with Gasteiger partial charge >= 0.3 is 0 Å². The molecule has 0 bridgehead atoms. The highest BCUT2D eigenvalue weighted by Crippen LogP contribution is 2.06. The molecule has 0 saturated carbocycles. The van der Waals surface area contributed by atoms with Crippen molar-refractivity contribution in [2.75, 3.05) is 20.2 Å². The lowest BCUT2D eigenvalue weighted by Crippen LogP contribution is -2.22. The molecule has 4 heteroatoms. The first kappa shape index (κ1) is 10.1. The number of aliphatic hydroxyl groups is 1. The van der Waals surface area contributed by atoms with Crippen molar-refractivity contribution in [2.45, 2.75) is 6.54 Å². The summed E-state index contributed by atoms with van der Waals surface area (Å²) < 4.78 is 13.0. The van der Waals surface area contributed by atoms with Gasteiger partial charge in [-0.2, -0.15) is 0 Å². The van der Waals surface area contributed by atoms with E-state index in [4.69, 9.17) is 5.11 Å². The van der Waals surface area contributed by atoms with Gasteiger partial charge in [-0.3, -0.25) is 9.88 Å². The van der Waals surface area contributed by atoms with Crippen molar-refractivity contribution in [1.29, 1.82) is 0 Å². The summed E-state index contributed by atoms with van der Waals surface area (Å²) in [7, 11) is 1.83. The third-order valence-corrected chi connectivity index (χ3v) is 1.78. The predicted octanol–water partition coefficient (Wildman–Crippen LogP) is 0.645. The molecular weight excluding hydrogens is 171 g/mol. The molecule has 0 unspecified atom stereocenters. The first-order valence-corrected chi connectivity index (χ1v) is 4.12. The maximum Gasteiger partial charge on any atom is 0.145 e. The van der Waals surface area contributed by atoms with Crippen LogP contribution >= 0.6 is 0 Å². The Kier molecular flexibility index (Phi) is 3.79. The third-order valence-electron chi connectivity index (χ3n) is 1.78. The molecule has 0 aliphatic heterocycles. The Morgan fingerprint density at radius 3 is 3.00 bits per heavy atom. The van der Waals surface area contributed by atoms with E-state index in [1.54, 1.807) is 12.3 Å². The minimum absolute atomic E-state index is 0.0865.